The van der Waals surface area contributed by atoms with Crippen molar-refractivity contribution in [1.29, 1.82) is 5.26 Å². The molecule has 2 rings (SSSR count). The number of nitrogens with zero attached hydrogens (tertiary/aromatic N) is 1. The zero-order valence-corrected chi connectivity index (χ0v) is 10.3. The van der Waals surface area contributed by atoms with Crippen molar-refractivity contribution in [2.45, 2.75) is 16.7 Å². The molecule has 0 saturated carbocycles. The van der Waals surface area contributed by atoms with Crippen molar-refractivity contribution in [2.75, 3.05) is 5.73 Å². The number of hydrogen-bond acceptors (Lipinski definition) is 3. The van der Waals surface area contributed by atoms with Crippen LogP contribution in [0.15, 0.2) is 52.3 Å². The predicted molar refractivity (Wildman–Crippen MR) is 70.9 cm³/mol. The van der Waals surface area contributed by atoms with Crippen LogP contribution in [0.4, 0.5) is 5.69 Å². The summed E-state index contributed by atoms with van der Waals surface area (Å²) in [5.74, 6) is 0. The lowest BCUT2D eigenvalue weighted by molar-refractivity contribution is 1.35. The fourth-order valence-corrected chi connectivity index (χ4v) is 2.36. The molecule has 0 fully saturated rings. The number of para-hydroxylation sites is 1. The number of anilines is 1. The molecule has 17 heavy (non-hydrogen) atoms. The van der Waals surface area contributed by atoms with Crippen LogP contribution < -0.4 is 5.73 Å². The van der Waals surface area contributed by atoms with Crippen LogP contribution in [-0.2, 0) is 0 Å². The summed E-state index contributed by atoms with van der Waals surface area (Å²) >= 11 is 1.58. The Hall–Kier alpha value is -1.92. The van der Waals surface area contributed by atoms with E-state index in [1.54, 1.807) is 17.8 Å². The van der Waals surface area contributed by atoms with Gasteiger partial charge in [-0.15, -0.1) is 0 Å². The summed E-state index contributed by atoms with van der Waals surface area (Å²) in [6.07, 6.45) is 0. The summed E-state index contributed by atoms with van der Waals surface area (Å²) in [4.78, 5) is 2.05. The largest absolute Gasteiger partial charge is 0.397 e. The van der Waals surface area contributed by atoms with Crippen LogP contribution in [0, 0.1) is 18.3 Å². The first-order valence-corrected chi connectivity index (χ1v) is 6.05. The van der Waals surface area contributed by atoms with Crippen LogP contribution in [0.2, 0.25) is 0 Å². The van der Waals surface area contributed by atoms with E-state index in [1.165, 1.54) is 5.56 Å². The first kappa shape index (κ1) is 11.6. The monoisotopic (exact) mass is 240 g/mol. The molecule has 2 aromatic carbocycles. The summed E-state index contributed by atoms with van der Waals surface area (Å²) in [7, 11) is 0. The minimum Gasteiger partial charge on any atom is -0.397 e. The second kappa shape index (κ2) is 4.94. The van der Waals surface area contributed by atoms with Gasteiger partial charge in [-0.25, -0.2) is 0 Å². The fraction of sp³-hybridized carbons (Fsp3) is 0.0714. The van der Waals surface area contributed by atoms with Gasteiger partial charge in [-0.3, -0.25) is 0 Å². The molecule has 0 heterocycles. The molecule has 0 unspecified atom stereocenters. The van der Waals surface area contributed by atoms with Gasteiger partial charge in [0.15, 0.2) is 0 Å². The summed E-state index contributed by atoms with van der Waals surface area (Å²) in [6, 6.07) is 15.8. The Morgan fingerprint density at radius 2 is 1.82 bits per heavy atom. The molecule has 0 saturated heterocycles. The first-order chi connectivity index (χ1) is 8.20. The minimum atomic E-state index is 0.530. The minimum absolute atomic E-state index is 0.530. The third-order valence-electron chi connectivity index (χ3n) is 2.44. The highest BCUT2D eigenvalue weighted by molar-refractivity contribution is 7.99. The van der Waals surface area contributed by atoms with Gasteiger partial charge in [0.05, 0.1) is 11.3 Å². The van der Waals surface area contributed by atoms with E-state index in [2.05, 4.69) is 37.3 Å². The Morgan fingerprint density at radius 1 is 1.12 bits per heavy atom. The van der Waals surface area contributed by atoms with E-state index in [4.69, 9.17) is 11.0 Å². The molecule has 84 valence electrons. The molecule has 0 aliphatic carbocycles. The molecule has 2 aromatic rings. The molecule has 0 aromatic heterocycles. The molecule has 0 aliphatic rings. The zero-order chi connectivity index (χ0) is 12.3. The van der Waals surface area contributed by atoms with E-state index in [1.807, 2.05) is 12.1 Å². The van der Waals surface area contributed by atoms with E-state index in [9.17, 15) is 0 Å². The topological polar surface area (TPSA) is 49.8 Å². The average molecular weight is 240 g/mol. The SMILES string of the molecule is Cc1ccc(Sc2cccc(C#N)c2N)cc1. The molecule has 0 aliphatic heterocycles. The average Bonchev–Trinajstić information content (AvgIpc) is 2.35. The molecular weight excluding hydrogens is 228 g/mol. The Balaban J connectivity index is 2.31. The number of rotatable bonds is 2. The quantitative estimate of drug-likeness (QED) is 0.816. The molecule has 0 bridgehead atoms. The third-order valence-corrected chi connectivity index (χ3v) is 3.52. The zero-order valence-electron chi connectivity index (χ0n) is 9.47. The van der Waals surface area contributed by atoms with Crippen molar-refractivity contribution in [3.8, 4) is 6.07 Å². The third kappa shape index (κ3) is 2.61. The maximum atomic E-state index is 8.91. The summed E-state index contributed by atoms with van der Waals surface area (Å²) in [6.45, 7) is 2.05. The van der Waals surface area contributed by atoms with Crippen molar-refractivity contribution in [3.05, 3.63) is 53.6 Å². The smallest absolute Gasteiger partial charge is 0.101 e. The standard InChI is InChI=1S/C14H12N2S/c1-10-5-7-12(8-6-10)17-13-4-2-3-11(9-15)14(13)16/h2-8H,16H2,1H3. The van der Waals surface area contributed by atoms with Gasteiger partial charge in [-0.1, -0.05) is 35.5 Å². The summed E-state index contributed by atoms with van der Waals surface area (Å²) in [5, 5.41) is 8.91. The van der Waals surface area contributed by atoms with E-state index in [0.29, 0.717) is 11.3 Å². The lowest BCUT2D eigenvalue weighted by atomic mass is 10.2. The highest BCUT2D eigenvalue weighted by Gasteiger charge is 2.05. The van der Waals surface area contributed by atoms with Gasteiger partial charge in [0.2, 0.25) is 0 Å². The van der Waals surface area contributed by atoms with Crippen molar-refractivity contribution in [2.24, 2.45) is 0 Å². The van der Waals surface area contributed by atoms with Crippen LogP contribution in [0.25, 0.3) is 0 Å². The normalized spacial score (nSPS) is 9.88. The van der Waals surface area contributed by atoms with Crippen LogP contribution >= 0.6 is 11.8 Å². The van der Waals surface area contributed by atoms with Gasteiger partial charge in [0.25, 0.3) is 0 Å². The highest BCUT2D eigenvalue weighted by atomic mass is 32.2. The predicted octanol–water partition coefficient (Wildman–Crippen LogP) is 3.60. The van der Waals surface area contributed by atoms with Gasteiger partial charge in [0, 0.05) is 9.79 Å². The molecular formula is C14H12N2S. The van der Waals surface area contributed by atoms with Gasteiger partial charge in [0.1, 0.15) is 6.07 Å². The van der Waals surface area contributed by atoms with E-state index < -0.39 is 0 Å². The van der Waals surface area contributed by atoms with Gasteiger partial charge >= 0.3 is 0 Å². The van der Waals surface area contributed by atoms with Crippen LogP contribution in [0.5, 0.6) is 0 Å². The van der Waals surface area contributed by atoms with Crippen molar-refractivity contribution in [3.63, 3.8) is 0 Å². The van der Waals surface area contributed by atoms with Crippen LogP contribution in [-0.4, -0.2) is 0 Å². The molecule has 0 spiro atoms. The van der Waals surface area contributed by atoms with Crippen molar-refractivity contribution >= 4 is 17.4 Å². The van der Waals surface area contributed by atoms with E-state index >= 15 is 0 Å². The molecule has 3 heteroatoms. The molecule has 2 nitrogen and oxygen atoms in total. The lowest BCUT2D eigenvalue weighted by Crippen LogP contribution is -1.92. The van der Waals surface area contributed by atoms with Crippen molar-refractivity contribution in [1.82, 2.24) is 0 Å². The maximum Gasteiger partial charge on any atom is 0.101 e. The second-order valence-corrected chi connectivity index (χ2v) is 4.86. The molecule has 0 atom stereocenters. The van der Waals surface area contributed by atoms with E-state index in [-0.39, 0.29) is 0 Å². The van der Waals surface area contributed by atoms with Gasteiger partial charge in [-0.2, -0.15) is 5.26 Å². The van der Waals surface area contributed by atoms with E-state index in [0.717, 1.165) is 9.79 Å². The second-order valence-electron chi connectivity index (χ2n) is 3.74. The Kier molecular flexibility index (Phi) is 3.36. The molecule has 0 amide bonds. The molecule has 2 N–H and O–H groups in total. The summed E-state index contributed by atoms with van der Waals surface area (Å²) in [5.41, 5.74) is 8.24. The van der Waals surface area contributed by atoms with Crippen LogP contribution in [0.1, 0.15) is 11.1 Å². The number of nitrogens with two attached hydrogens (primary N) is 1. The lowest BCUT2D eigenvalue weighted by Gasteiger charge is -2.06. The van der Waals surface area contributed by atoms with Crippen LogP contribution in [0.3, 0.4) is 0 Å². The highest BCUT2D eigenvalue weighted by Crippen LogP contribution is 2.33. The van der Waals surface area contributed by atoms with Crippen molar-refractivity contribution < 1.29 is 0 Å². The number of hydrogen-bond donors (Lipinski definition) is 1. The number of benzene rings is 2. The van der Waals surface area contributed by atoms with Gasteiger partial charge in [-0.05, 0) is 31.2 Å². The van der Waals surface area contributed by atoms with Gasteiger partial charge < -0.3 is 5.73 Å². The number of aryl methyl sites for hydroxylation is 1. The molecule has 0 radical (unpaired) electrons. The number of nitriles is 1. The Labute approximate surface area is 105 Å². The Morgan fingerprint density at radius 3 is 2.47 bits per heavy atom. The maximum absolute atomic E-state index is 8.91. The summed E-state index contributed by atoms with van der Waals surface area (Å²) < 4.78 is 0. The first-order valence-electron chi connectivity index (χ1n) is 5.24. The Bertz CT molecular complexity index is 568. The fourth-order valence-electron chi connectivity index (χ4n) is 1.46. The number of nitrogen functional groups attached to an aromatic ring is 1.